The van der Waals surface area contributed by atoms with E-state index in [1.807, 2.05) is 0 Å². The highest BCUT2D eigenvalue weighted by molar-refractivity contribution is 7.87. The van der Waals surface area contributed by atoms with Crippen LogP contribution in [0.25, 0.3) is 0 Å². The van der Waals surface area contributed by atoms with Crippen molar-refractivity contribution in [3.8, 4) is 0 Å². The molecule has 1 aliphatic heterocycles. The predicted octanol–water partition coefficient (Wildman–Crippen LogP) is 1.32. The van der Waals surface area contributed by atoms with Gasteiger partial charge in [0.05, 0.1) is 6.61 Å². The Morgan fingerprint density at radius 1 is 1.09 bits per heavy atom. The Bertz CT molecular complexity index is 842. The number of piperazine rings is 1. The molecule has 0 bridgehead atoms. The van der Waals surface area contributed by atoms with E-state index >= 15 is 0 Å². The fourth-order valence-electron chi connectivity index (χ4n) is 2.35. The summed E-state index contributed by atoms with van der Waals surface area (Å²) in [5.74, 6) is -14.0. The van der Waals surface area contributed by atoms with Gasteiger partial charge >= 0.3 is 45.1 Å². The van der Waals surface area contributed by atoms with Crippen LogP contribution in [-0.2, 0) is 29.2 Å². The average molecular weight is 504 g/mol. The topological polar surface area (TPSA) is 122 Å². The normalized spacial score (nSPS) is 18.1. The number of amides is 1. The Morgan fingerprint density at radius 2 is 1.59 bits per heavy atom. The minimum absolute atomic E-state index is 0.0206. The molecule has 2 N–H and O–H groups in total. The fourth-order valence-corrected chi connectivity index (χ4v) is 2.83. The summed E-state index contributed by atoms with van der Waals surface area (Å²) in [6, 6.07) is 0. The molecule has 0 aromatic heterocycles. The number of carbonyl (C=O) groups is 2. The Morgan fingerprint density at radius 3 is 2.00 bits per heavy atom. The average Bonchev–Trinajstić information content (AvgIpc) is 2.64. The van der Waals surface area contributed by atoms with Crippen LogP contribution in [0, 0.1) is 0 Å². The Balaban J connectivity index is 3.31. The molecule has 1 rings (SSSR count). The van der Waals surface area contributed by atoms with Crippen molar-refractivity contribution in [2.24, 2.45) is 0 Å². The zero-order valence-corrected chi connectivity index (χ0v) is 17.2. The molecule has 17 heteroatoms. The molecule has 0 radical (unpaired) electrons. The molecule has 0 aliphatic carbocycles. The van der Waals surface area contributed by atoms with E-state index in [2.05, 4.69) is 21.4 Å². The van der Waals surface area contributed by atoms with E-state index in [1.54, 1.807) is 0 Å². The predicted molar refractivity (Wildman–Crippen MR) is 91.2 cm³/mol. The third-order valence-electron chi connectivity index (χ3n) is 4.11. The van der Waals surface area contributed by atoms with Crippen LogP contribution in [0.4, 0.5) is 30.7 Å². The summed E-state index contributed by atoms with van der Waals surface area (Å²) in [7, 11) is -6.66. The van der Waals surface area contributed by atoms with Crippen molar-refractivity contribution in [3.63, 3.8) is 0 Å². The second kappa shape index (κ2) is 9.48. The van der Waals surface area contributed by atoms with Crippen molar-refractivity contribution >= 4 is 22.0 Å². The largest absolute Gasteiger partial charge is 0.466 e. The highest BCUT2D eigenvalue weighted by Gasteiger charge is 2.69. The number of ether oxygens (including phenoxy) is 2. The number of nitrogens with one attached hydrogen (secondary N) is 1. The van der Waals surface area contributed by atoms with E-state index in [-0.39, 0.29) is 26.2 Å². The number of rotatable bonds is 9. The van der Waals surface area contributed by atoms with Gasteiger partial charge in [-0.25, -0.2) is 4.79 Å². The summed E-state index contributed by atoms with van der Waals surface area (Å²) in [5.41, 5.74) is -0.640. The van der Waals surface area contributed by atoms with Gasteiger partial charge in [0.15, 0.2) is 0 Å². The van der Waals surface area contributed by atoms with Crippen LogP contribution in [0.5, 0.6) is 0 Å². The van der Waals surface area contributed by atoms with Crippen molar-refractivity contribution < 1.29 is 62.8 Å². The molecule has 1 heterocycles. The number of carbonyl (C=O) groups excluding carboxylic acids is 2. The molecule has 0 aromatic carbocycles. The van der Waals surface area contributed by atoms with Gasteiger partial charge in [0.25, 0.3) is 0 Å². The van der Waals surface area contributed by atoms with E-state index in [1.165, 1.54) is 0 Å². The fraction of sp³-hybridized carbons (Fsp3) is 0.733. The summed E-state index contributed by atoms with van der Waals surface area (Å²) in [6.45, 7) is 1.28. The molecular weight excluding hydrogens is 485 g/mol. The SMILES string of the molecule is C=C(C)C(=O)OC(OCCC(F)(F)C(F)(F)S(=O)(=O)O)(C(=O)N1CCNCC1)C(F)(F)F. The number of esters is 1. The lowest BCUT2D eigenvalue weighted by Gasteiger charge is -2.38. The maximum Gasteiger partial charge on any atom is 0.466 e. The van der Waals surface area contributed by atoms with Crippen LogP contribution in [-0.4, -0.2) is 85.7 Å². The Labute approximate surface area is 177 Å². The molecular formula is C15H19F7N2O7S. The smallest absolute Gasteiger partial charge is 0.412 e. The van der Waals surface area contributed by atoms with E-state index in [0.717, 1.165) is 6.92 Å². The first-order valence-corrected chi connectivity index (χ1v) is 10.1. The summed E-state index contributed by atoms with van der Waals surface area (Å²) in [5, 5.41) is -3.37. The summed E-state index contributed by atoms with van der Waals surface area (Å²) < 4.78 is 133. The lowest BCUT2D eigenvalue weighted by atomic mass is 10.1. The molecule has 1 aliphatic rings. The van der Waals surface area contributed by atoms with Crippen LogP contribution in [0.1, 0.15) is 13.3 Å². The molecule has 0 spiro atoms. The molecule has 1 saturated heterocycles. The van der Waals surface area contributed by atoms with E-state index in [0.29, 0.717) is 4.90 Å². The summed E-state index contributed by atoms with van der Waals surface area (Å²) >= 11 is 0. The van der Waals surface area contributed by atoms with Gasteiger partial charge in [0.1, 0.15) is 0 Å². The maximum atomic E-state index is 13.9. The first-order chi connectivity index (χ1) is 14.3. The van der Waals surface area contributed by atoms with Crippen LogP contribution in [0.3, 0.4) is 0 Å². The summed E-state index contributed by atoms with van der Waals surface area (Å²) in [4.78, 5) is 24.9. The molecule has 0 saturated carbocycles. The highest BCUT2D eigenvalue weighted by Crippen LogP contribution is 2.42. The van der Waals surface area contributed by atoms with Gasteiger partial charge < -0.3 is 19.7 Å². The lowest BCUT2D eigenvalue weighted by molar-refractivity contribution is -0.353. The van der Waals surface area contributed by atoms with Crippen molar-refractivity contribution in [1.29, 1.82) is 0 Å². The first-order valence-electron chi connectivity index (χ1n) is 8.62. The maximum absolute atomic E-state index is 13.9. The molecule has 1 unspecified atom stereocenters. The highest BCUT2D eigenvalue weighted by atomic mass is 32.2. The molecule has 9 nitrogen and oxygen atoms in total. The van der Waals surface area contributed by atoms with Gasteiger partial charge in [0, 0.05) is 38.2 Å². The minimum Gasteiger partial charge on any atom is -0.412 e. The van der Waals surface area contributed by atoms with E-state index in [4.69, 9.17) is 4.55 Å². The Kier molecular flexibility index (Phi) is 8.31. The Hall–Kier alpha value is -1.98. The van der Waals surface area contributed by atoms with Gasteiger partial charge in [0.2, 0.25) is 0 Å². The lowest BCUT2D eigenvalue weighted by Crippen LogP contribution is -2.64. The quantitative estimate of drug-likeness (QED) is 0.159. The number of halogens is 7. The molecule has 186 valence electrons. The van der Waals surface area contributed by atoms with Gasteiger partial charge in [-0.2, -0.15) is 39.2 Å². The third kappa shape index (κ3) is 5.68. The monoisotopic (exact) mass is 504 g/mol. The zero-order chi connectivity index (χ0) is 25.2. The third-order valence-corrected chi connectivity index (χ3v) is 5.06. The number of nitrogens with zero attached hydrogens (tertiary/aromatic N) is 1. The van der Waals surface area contributed by atoms with Crippen molar-refractivity contribution in [2.45, 2.75) is 36.5 Å². The zero-order valence-electron chi connectivity index (χ0n) is 16.3. The molecule has 0 aromatic rings. The second-order valence-electron chi connectivity index (χ2n) is 6.62. The molecule has 1 atom stereocenters. The van der Waals surface area contributed by atoms with Crippen LogP contribution >= 0.6 is 0 Å². The molecule has 1 amide bonds. The first kappa shape index (κ1) is 28.1. The second-order valence-corrected chi connectivity index (χ2v) is 8.08. The van der Waals surface area contributed by atoms with Gasteiger partial charge in [-0.3, -0.25) is 9.35 Å². The van der Waals surface area contributed by atoms with Gasteiger partial charge in [-0.1, -0.05) is 6.58 Å². The summed E-state index contributed by atoms with van der Waals surface area (Å²) in [6.07, 6.45) is -8.28. The van der Waals surface area contributed by atoms with Crippen molar-refractivity contribution in [1.82, 2.24) is 10.2 Å². The number of hydrogen-bond donors (Lipinski definition) is 2. The van der Waals surface area contributed by atoms with Crippen molar-refractivity contribution in [2.75, 3.05) is 32.8 Å². The van der Waals surface area contributed by atoms with E-state index in [9.17, 15) is 48.7 Å². The van der Waals surface area contributed by atoms with Crippen LogP contribution in [0.15, 0.2) is 12.2 Å². The van der Waals surface area contributed by atoms with Crippen LogP contribution in [0.2, 0.25) is 0 Å². The number of hydrogen-bond acceptors (Lipinski definition) is 7. The van der Waals surface area contributed by atoms with Crippen LogP contribution < -0.4 is 5.32 Å². The molecule has 32 heavy (non-hydrogen) atoms. The standard InChI is InChI=1S/C15H19F7N2O7S/c1-9(2)10(25)31-13(14(18,19)20,11(26)24-6-4-23-5-7-24)30-8-3-12(16,17)15(21,22)32(27,28)29/h23H,1,3-8H2,2H3,(H,27,28,29). The van der Waals surface area contributed by atoms with Gasteiger partial charge in [-0.05, 0) is 6.92 Å². The van der Waals surface area contributed by atoms with Gasteiger partial charge in [-0.15, -0.1) is 0 Å². The van der Waals surface area contributed by atoms with E-state index < -0.39 is 63.7 Å². The minimum atomic E-state index is -6.66. The van der Waals surface area contributed by atoms with Crippen molar-refractivity contribution in [3.05, 3.63) is 12.2 Å². The number of alkyl halides is 7. The molecule has 1 fully saturated rings.